The van der Waals surface area contributed by atoms with Gasteiger partial charge in [-0.2, -0.15) is 0 Å². The number of rotatable bonds is 9. The summed E-state index contributed by atoms with van der Waals surface area (Å²) in [4.78, 5) is 37.6. The number of halogens is 1. The Hall–Kier alpha value is -2.25. The number of nitrogens with one attached hydrogen (secondary N) is 1. The number of ether oxygens (including phenoxy) is 1. The van der Waals surface area contributed by atoms with Crippen LogP contribution in [0.4, 0.5) is 4.79 Å². The van der Waals surface area contributed by atoms with Gasteiger partial charge in [-0.25, -0.2) is 0 Å². The summed E-state index contributed by atoms with van der Waals surface area (Å²) in [5.74, 6) is -0.330. The fraction of sp³-hybridized carbons (Fsp3) is 0.316. The maximum Gasteiger partial charge on any atom is 0.294 e. The van der Waals surface area contributed by atoms with Crippen molar-refractivity contribution in [3.05, 3.63) is 46.3 Å². The van der Waals surface area contributed by atoms with Crippen LogP contribution < -0.4 is 10.1 Å². The monoisotopic (exact) mass is 408 g/mol. The Labute approximate surface area is 167 Å². The van der Waals surface area contributed by atoms with E-state index >= 15 is 0 Å². The lowest BCUT2D eigenvalue weighted by atomic mass is 10.2. The summed E-state index contributed by atoms with van der Waals surface area (Å²) in [5.41, 5.74) is 0.656. The number of hydrogen-bond acceptors (Lipinski definition) is 5. The molecule has 6 nitrogen and oxygen atoms in total. The summed E-state index contributed by atoms with van der Waals surface area (Å²) in [7, 11) is 0. The average molecular weight is 409 g/mol. The van der Waals surface area contributed by atoms with E-state index in [1.165, 1.54) is 0 Å². The van der Waals surface area contributed by atoms with Crippen molar-refractivity contribution in [3.63, 3.8) is 0 Å². The van der Waals surface area contributed by atoms with Gasteiger partial charge < -0.3 is 10.1 Å². The number of carbonyl (C=O) groups excluding carboxylic acids is 3. The fourth-order valence-corrected chi connectivity index (χ4v) is 3.35. The van der Waals surface area contributed by atoms with Gasteiger partial charge in [-0.05, 0) is 42.0 Å². The first-order valence-corrected chi connectivity index (χ1v) is 9.71. The molecule has 1 heterocycles. The lowest BCUT2D eigenvalue weighted by molar-refractivity contribution is -0.129. The number of thioether (sulfide) groups is 1. The molecule has 1 aromatic carbocycles. The van der Waals surface area contributed by atoms with Crippen molar-refractivity contribution < 1.29 is 19.1 Å². The molecule has 1 fully saturated rings. The van der Waals surface area contributed by atoms with Crippen LogP contribution >= 0.6 is 23.4 Å². The Morgan fingerprint density at radius 2 is 2.19 bits per heavy atom. The molecule has 0 saturated carbocycles. The highest BCUT2D eigenvalue weighted by molar-refractivity contribution is 8.18. The largest absolute Gasteiger partial charge is 0.488 e. The summed E-state index contributed by atoms with van der Waals surface area (Å²) in [5, 5.41) is 2.62. The van der Waals surface area contributed by atoms with Crippen molar-refractivity contribution in [3.8, 4) is 5.75 Å². The van der Waals surface area contributed by atoms with Crippen LogP contribution in [-0.2, 0) is 9.59 Å². The van der Waals surface area contributed by atoms with Gasteiger partial charge in [0.1, 0.15) is 18.9 Å². The van der Waals surface area contributed by atoms with E-state index in [1.807, 2.05) is 6.92 Å². The third-order valence-corrected chi connectivity index (χ3v) is 4.84. The molecule has 1 aliphatic heterocycles. The predicted molar refractivity (Wildman–Crippen MR) is 108 cm³/mol. The summed E-state index contributed by atoms with van der Waals surface area (Å²) in [6.07, 6.45) is 4.98. The van der Waals surface area contributed by atoms with Crippen LogP contribution in [0.5, 0.6) is 5.75 Å². The first-order chi connectivity index (χ1) is 13.0. The lowest BCUT2D eigenvalue weighted by Crippen LogP contribution is -2.39. The number of nitrogens with zero attached hydrogens (tertiary/aromatic N) is 1. The number of hydrogen-bond donors (Lipinski definition) is 1. The first kappa shape index (κ1) is 21.1. The van der Waals surface area contributed by atoms with E-state index in [0.717, 1.165) is 29.5 Å². The maximum absolute atomic E-state index is 12.4. The minimum atomic E-state index is -0.487. The Balaban J connectivity index is 2.06. The van der Waals surface area contributed by atoms with Crippen molar-refractivity contribution in [1.29, 1.82) is 0 Å². The molecular formula is C19H21ClN2O4S. The third kappa shape index (κ3) is 5.87. The van der Waals surface area contributed by atoms with Crippen molar-refractivity contribution in [2.75, 3.05) is 19.7 Å². The second kappa shape index (κ2) is 10.2. The molecule has 0 aromatic heterocycles. The predicted octanol–water partition coefficient (Wildman–Crippen LogP) is 3.86. The average Bonchev–Trinajstić information content (AvgIpc) is 2.89. The highest BCUT2D eigenvalue weighted by atomic mass is 35.5. The molecule has 2 rings (SSSR count). The van der Waals surface area contributed by atoms with Gasteiger partial charge in [-0.1, -0.05) is 43.7 Å². The molecule has 1 saturated heterocycles. The second-order valence-corrected chi connectivity index (χ2v) is 7.16. The van der Waals surface area contributed by atoms with Gasteiger partial charge in [-0.3, -0.25) is 19.3 Å². The highest BCUT2D eigenvalue weighted by Gasteiger charge is 2.36. The van der Waals surface area contributed by atoms with E-state index in [-0.39, 0.29) is 17.4 Å². The number of unbranched alkanes of at least 4 members (excludes halogenated alkanes) is 1. The van der Waals surface area contributed by atoms with Gasteiger partial charge in [0.05, 0.1) is 9.93 Å². The van der Waals surface area contributed by atoms with Crippen LogP contribution in [0.2, 0.25) is 5.02 Å². The smallest absolute Gasteiger partial charge is 0.294 e. The second-order valence-electron chi connectivity index (χ2n) is 5.76. The van der Waals surface area contributed by atoms with Gasteiger partial charge in [0.15, 0.2) is 0 Å². The van der Waals surface area contributed by atoms with Crippen molar-refractivity contribution in [2.45, 2.75) is 19.8 Å². The summed E-state index contributed by atoms with van der Waals surface area (Å²) in [6, 6.07) is 5.06. The van der Waals surface area contributed by atoms with E-state index in [2.05, 4.69) is 11.9 Å². The zero-order chi connectivity index (χ0) is 19.8. The van der Waals surface area contributed by atoms with E-state index < -0.39 is 11.1 Å². The molecule has 144 valence electrons. The Bertz CT molecular complexity index is 779. The standard InChI is InChI=1S/C19H21ClN2O4S/c1-3-5-8-21-17(23)12-22-18(24)16(27-19(22)25)11-13-6-7-15(14(20)10-13)26-9-4-2/h4,6-7,10-11H,2-3,5,8-9,12H2,1H3,(H,21,23)/b16-11-. The van der Waals surface area contributed by atoms with Crippen molar-refractivity contribution in [1.82, 2.24) is 10.2 Å². The van der Waals surface area contributed by atoms with Crippen molar-refractivity contribution >= 4 is 46.5 Å². The number of amides is 3. The van der Waals surface area contributed by atoms with Gasteiger partial charge in [0, 0.05) is 6.54 Å². The van der Waals surface area contributed by atoms with Gasteiger partial charge in [0.2, 0.25) is 5.91 Å². The maximum atomic E-state index is 12.4. The van der Waals surface area contributed by atoms with Crippen LogP contribution in [0.3, 0.4) is 0 Å². The van der Waals surface area contributed by atoms with E-state index in [1.54, 1.807) is 30.4 Å². The van der Waals surface area contributed by atoms with Crippen LogP contribution in [0.15, 0.2) is 35.8 Å². The van der Waals surface area contributed by atoms with Crippen LogP contribution in [0.25, 0.3) is 6.08 Å². The molecule has 8 heteroatoms. The molecule has 0 aliphatic carbocycles. The van der Waals surface area contributed by atoms with Gasteiger partial charge >= 0.3 is 0 Å². The molecule has 0 bridgehead atoms. The van der Waals surface area contributed by atoms with Gasteiger partial charge in [0.25, 0.3) is 11.1 Å². The summed E-state index contributed by atoms with van der Waals surface area (Å²) >= 11 is 6.96. The van der Waals surface area contributed by atoms with Crippen LogP contribution in [-0.4, -0.2) is 41.6 Å². The molecule has 1 aliphatic rings. The molecule has 3 amide bonds. The van der Waals surface area contributed by atoms with E-state index in [4.69, 9.17) is 16.3 Å². The Kier molecular flexibility index (Phi) is 7.94. The fourth-order valence-electron chi connectivity index (χ4n) is 2.26. The molecule has 1 N–H and O–H groups in total. The molecule has 0 radical (unpaired) electrons. The zero-order valence-corrected chi connectivity index (χ0v) is 16.6. The minimum absolute atomic E-state index is 0.247. The first-order valence-electron chi connectivity index (χ1n) is 8.51. The molecular weight excluding hydrogens is 388 g/mol. The molecule has 0 spiro atoms. The number of benzene rings is 1. The Morgan fingerprint density at radius 3 is 2.85 bits per heavy atom. The van der Waals surface area contributed by atoms with Gasteiger partial charge in [-0.15, -0.1) is 0 Å². The van der Waals surface area contributed by atoms with E-state index in [9.17, 15) is 14.4 Å². The SMILES string of the molecule is C=CCOc1ccc(/C=C2\SC(=O)N(CC(=O)NCCCC)C2=O)cc1Cl. The lowest BCUT2D eigenvalue weighted by Gasteiger charge is -2.12. The summed E-state index contributed by atoms with van der Waals surface area (Å²) < 4.78 is 5.40. The quantitative estimate of drug-likeness (QED) is 0.381. The van der Waals surface area contributed by atoms with Crippen LogP contribution in [0, 0.1) is 0 Å². The minimum Gasteiger partial charge on any atom is -0.488 e. The zero-order valence-electron chi connectivity index (χ0n) is 15.0. The molecule has 0 unspecified atom stereocenters. The van der Waals surface area contributed by atoms with E-state index in [0.29, 0.717) is 29.5 Å². The topological polar surface area (TPSA) is 75.7 Å². The van der Waals surface area contributed by atoms with Crippen LogP contribution in [0.1, 0.15) is 25.3 Å². The molecule has 1 aromatic rings. The normalized spacial score (nSPS) is 15.3. The summed E-state index contributed by atoms with van der Waals surface area (Å²) in [6.45, 7) is 6.17. The number of carbonyl (C=O) groups is 3. The van der Waals surface area contributed by atoms with Crippen molar-refractivity contribution in [2.24, 2.45) is 0 Å². The third-order valence-electron chi connectivity index (χ3n) is 3.64. The highest BCUT2D eigenvalue weighted by Crippen LogP contribution is 2.33. The molecule has 0 atom stereocenters. The molecule has 27 heavy (non-hydrogen) atoms. The number of imide groups is 1. The Morgan fingerprint density at radius 1 is 1.41 bits per heavy atom.